The number of hydrogen-bond donors (Lipinski definition) is 1. The van der Waals surface area contributed by atoms with Crippen LogP contribution < -0.4 is 10.1 Å². The van der Waals surface area contributed by atoms with Crippen LogP contribution in [0.3, 0.4) is 0 Å². The van der Waals surface area contributed by atoms with Crippen molar-refractivity contribution in [3.8, 4) is 5.75 Å². The Morgan fingerprint density at radius 2 is 1.88 bits per heavy atom. The van der Waals surface area contributed by atoms with Crippen LogP contribution in [0.1, 0.15) is 16.7 Å². The van der Waals surface area contributed by atoms with Gasteiger partial charge in [-0.2, -0.15) is 13.2 Å². The number of carbonyl (C=O) groups excluding carboxylic acids is 1. The van der Waals surface area contributed by atoms with Crippen LogP contribution in [0.25, 0.3) is 0 Å². The molecule has 2 aromatic carbocycles. The highest BCUT2D eigenvalue weighted by atomic mass is 79.9. The van der Waals surface area contributed by atoms with E-state index in [0.717, 1.165) is 12.1 Å². The third kappa shape index (κ3) is 2.56. The van der Waals surface area contributed by atoms with E-state index in [4.69, 9.17) is 16.3 Å². The summed E-state index contributed by atoms with van der Waals surface area (Å²) in [4.78, 5) is 12.6. The summed E-state index contributed by atoms with van der Waals surface area (Å²) in [6.45, 7) is 0. The molecule has 1 N–H and O–H groups in total. The molecule has 1 amide bonds. The summed E-state index contributed by atoms with van der Waals surface area (Å²) in [5, 5.41) is 2.86. The Kier molecular flexibility index (Phi) is 4.04. The van der Waals surface area contributed by atoms with E-state index in [9.17, 15) is 18.0 Å². The number of halogens is 5. The van der Waals surface area contributed by atoms with Crippen LogP contribution in [0, 0.1) is 0 Å². The monoisotopic (exact) mass is 419 g/mol. The van der Waals surface area contributed by atoms with Crippen molar-refractivity contribution in [3.05, 3.63) is 58.1 Å². The van der Waals surface area contributed by atoms with Crippen molar-refractivity contribution in [2.45, 2.75) is 10.5 Å². The zero-order valence-corrected chi connectivity index (χ0v) is 14.5. The van der Waals surface area contributed by atoms with Crippen LogP contribution >= 0.6 is 27.5 Å². The smallest absolute Gasteiger partial charge is 0.416 e. The summed E-state index contributed by atoms with van der Waals surface area (Å²) in [6, 6.07) is 7.85. The molecule has 0 saturated heterocycles. The quantitative estimate of drug-likeness (QED) is 0.698. The van der Waals surface area contributed by atoms with Gasteiger partial charge in [0.2, 0.25) is 0 Å². The van der Waals surface area contributed by atoms with Crippen LogP contribution in [0.5, 0.6) is 5.75 Å². The number of nitrogens with one attached hydrogen (secondary N) is 1. The Balaban J connectivity index is 2.21. The fraction of sp³-hybridized carbons (Fsp3) is 0.188. The van der Waals surface area contributed by atoms with E-state index in [-0.39, 0.29) is 5.69 Å². The van der Waals surface area contributed by atoms with Gasteiger partial charge in [-0.05, 0) is 30.3 Å². The van der Waals surface area contributed by atoms with Crippen molar-refractivity contribution in [2.75, 3.05) is 12.4 Å². The number of carbonyl (C=O) groups is 1. The molecule has 0 bridgehead atoms. The number of alkyl halides is 4. The molecule has 0 saturated carbocycles. The number of anilines is 1. The maximum absolute atomic E-state index is 12.9. The van der Waals surface area contributed by atoms with Gasteiger partial charge in [-0.3, -0.25) is 4.79 Å². The summed E-state index contributed by atoms with van der Waals surface area (Å²) in [5.74, 6) is -0.128. The molecule has 2 aromatic rings. The predicted octanol–water partition coefficient (Wildman–Crippen LogP) is 4.96. The zero-order valence-electron chi connectivity index (χ0n) is 12.2. The number of fused-ring (bicyclic) bond motifs is 1. The van der Waals surface area contributed by atoms with E-state index in [1.807, 2.05) is 0 Å². The Bertz CT molecular complexity index is 841. The van der Waals surface area contributed by atoms with Crippen molar-refractivity contribution in [3.63, 3.8) is 0 Å². The minimum Gasteiger partial charge on any atom is -0.496 e. The topological polar surface area (TPSA) is 38.3 Å². The molecule has 126 valence electrons. The van der Waals surface area contributed by atoms with Gasteiger partial charge in [0.15, 0.2) is 4.32 Å². The van der Waals surface area contributed by atoms with E-state index >= 15 is 0 Å². The van der Waals surface area contributed by atoms with Crippen LogP contribution in [-0.4, -0.2) is 13.0 Å². The van der Waals surface area contributed by atoms with Gasteiger partial charge in [0.25, 0.3) is 5.91 Å². The fourth-order valence-corrected chi connectivity index (χ4v) is 3.60. The summed E-state index contributed by atoms with van der Waals surface area (Å²) < 4.78 is 42.5. The van der Waals surface area contributed by atoms with Gasteiger partial charge in [-0.15, -0.1) is 0 Å². The molecule has 1 unspecified atom stereocenters. The van der Waals surface area contributed by atoms with Crippen LogP contribution in [0.15, 0.2) is 36.4 Å². The van der Waals surface area contributed by atoms with Crippen molar-refractivity contribution in [1.29, 1.82) is 0 Å². The second kappa shape index (κ2) is 5.67. The van der Waals surface area contributed by atoms with Gasteiger partial charge in [0.1, 0.15) is 5.75 Å². The first-order valence-corrected chi connectivity index (χ1v) is 7.91. The first-order chi connectivity index (χ1) is 11.2. The van der Waals surface area contributed by atoms with Gasteiger partial charge >= 0.3 is 6.18 Å². The lowest BCUT2D eigenvalue weighted by atomic mass is 9.91. The molecule has 0 aromatic heterocycles. The van der Waals surface area contributed by atoms with E-state index in [2.05, 4.69) is 21.2 Å². The summed E-state index contributed by atoms with van der Waals surface area (Å²) in [5.41, 5.74) is 0.0275. The number of ether oxygens (including phenoxy) is 1. The molecule has 1 aliphatic heterocycles. The Morgan fingerprint density at radius 3 is 2.50 bits per heavy atom. The number of rotatable bonds is 2. The SMILES string of the molecule is COc1ccc(Cl)cc1C1(Br)C(=O)Nc2cc(C(F)(F)F)ccc21. The number of benzene rings is 2. The summed E-state index contributed by atoms with van der Waals surface area (Å²) in [7, 11) is 1.43. The molecule has 3 nitrogen and oxygen atoms in total. The van der Waals surface area contributed by atoms with Gasteiger partial charge in [-0.1, -0.05) is 33.6 Å². The van der Waals surface area contributed by atoms with Crippen molar-refractivity contribution in [1.82, 2.24) is 0 Å². The fourth-order valence-electron chi connectivity index (χ4n) is 2.67. The normalized spacial score (nSPS) is 19.8. The second-order valence-electron chi connectivity index (χ2n) is 5.22. The molecular weight excluding hydrogens is 411 g/mol. The molecular formula is C16H10BrClF3NO2. The Morgan fingerprint density at radius 1 is 1.17 bits per heavy atom. The molecule has 8 heteroatoms. The molecule has 0 fully saturated rings. The zero-order chi connectivity index (χ0) is 17.7. The van der Waals surface area contributed by atoms with Crippen LogP contribution in [-0.2, 0) is 15.3 Å². The predicted molar refractivity (Wildman–Crippen MR) is 87.8 cm³/mol. The van der Waals surface area contributed by atoms with E-state index in [1.54, 1.807) is 18.2 Å². The molecule has 3 rings (SSSR count). The molecule has 0 radical (unpaired) electrons. The third-order valence-electron chi connectivity index (χ3n) is 3.81. The van der Waals surface area contributed by atoms with Crippen molar-refractivity contribution in [2.24, 2.45) is 0 Å². The van der Waals surface area contributed by atoms with Gasteiger partial charge < -0.3 is 10.1 Å². The number of methoxy groups -OCH3 is 1. The minimum atomic E-state index is -4.49. The molecule has 1 aliphatic rings. The molecule has 0 spiro atoms. The van der Waals surface area contributed by atoms with E-state index < -0.39 is 22.0 Å². The van der Waals surface area contributed by atoms with Gasteiger partial charge in [0, 0.05) is 21.8 Å². The maximum atomic E-state index is 12.9. The molecule has 1 heterocycles. The lowest BCUT2D eigenvalue weighted by Gasteiger charge is -2.23. The molecule has 1 atom stereocenters. The highest BCUT2D eigenvalue weighted by molar-refractivity contribution is 9.10. The largest absolute Gasteiger partial charge is 0.496 e. The lowest BCUT2D eigenvalue weighted by Crippen LogP contribution is -2.29. The molecule has 0 aliphatic carbocycles. The average Bonchev–Trinajstić information content (AvgIpc) is 2.78. The third-order valence-corrected chi connectivity index (χ3v) is 5.26. The summed E-state index contributed by atoms with van der Waals surface area (Å²) in [6.07, 6.45) is -4.49. The standard InChI is InChI=1S/C16H10BrClF3NO2/c1-24-13-5-3-9(18)7-11(13)15(17)10-4-2-8(16(19,20)21)6-12(10)22-14(15)23/h2-7H,1H3,(H,22,23). The van der Waals surface area contributed by atoms with E-state index in [0.29, 0.717) is 21.9 Å². The van der Waals surface area contributed by atoms with Crippen molar-refractivity contribution >= 4 is 39.1 Å². The first kappa shape index (κ1) is 17.1. The minimum absolute atomic E-state index is 0.0914. The molecule has 24 heavy (non-hydrogen) atoms. The van der Waals surface area contributed by atoms with Crippen LogP contribution in [0.4, 0.5) is 18.9 Å². The number of hydrogen-bond acceptors (Lipinski definition) is 2. The number of amides is 1. The Hall–Kier alpha value is -1.73. The van der Waals surface area contributed by atoms with E-state index in [1.165, 1.54) is 13.2 Å². The van der Waals surface area contributed by atoms with Gasteiger partial charge in [-0.25, -0.2) is 0 Å². The van der Waals surface area contributed by atoms with Crippen LogP contribution in [0.2, 0.25) is 5.02 Å². The van der Waals surface area contributed by atoms with Gasteiger partial charge in [0.05, 0.1) is 12.7 Å². The summed E-state index contributed by atoms with van der Waals surface area (Å²) >= 11 is 9.40. The Labute approximate surface area is 148 Å². The maximum Gasteiger partial charge on any atom is 0.416 e. The highest BCUT2D eigenvalue weighted by Gasteiger charge is 2.49. The van der Waals surface area contributed by atoms with Crippen molar-refractivity contribution < 1.29 is 22.7 Å². The average molecular weight is 421 g/mol. The first-order valence-electron chi connectivity index (χ1n) is 6.74. The second-order valence-corrected chi connectivity index (χ2v) is 6.84. The highest BCUT2D eigenvalue weighted by Crippen LogP contribution is 2.51. The lowest BCUT2D eigenvalue weighted by molar-refractivity contribution is -0.137.